The molecule has 0 radical (unpaired) electrons. The van der Waals surface area contributed by atoms with E-state index in [2.05, 4.69) is 15.9 Å². The summed E-state index contributed by atoms with van der Waals surface area (Å²) in [4.78, 5) is 24.5. The van der Waals surface area contributed by atoms with E-state index in [0.29, 0.717) is 10.0 Å². The van der Waals surface area contributed by atoms with Gasteiger partial charge in [0.25, 0.3) is 5.91 Å². The molecule has 1 rings (SSSR count). The van der Waals surface area contributed by atoms with Gasteiger partial charge in [-0.2, -0.15) is 0 Å². The number of amides is 2. The molecule has 6 heteroatoms. The average Bonchev–Trinajstić information content (AvgIpc) is 2.24. The van der Waals surface area contributed by atoms with Gasteiger partial charge >= 0.3 is 0 Å². The van der Waals surface area contributed by atoms with E-state index in [1.165, 1.54) is 23.1 Å². The first kappa shape index (κ1) is 14.6. The van der Waals surface area contributed by atoms with Gasteiger partial charge in [-0.1, -0.05) is 0 Å². The second kappa shape index (κ2) is 5.95. The van der Waals surface area contributed by atoms with Gasteiger partial charge in [0.2, 0.25) is 5.91 Å². The van der Waals surface area contributed by atoms with E-state index in [4.69, 9.17) is 5.73 Å². The van der Waals surface area contributed by atoms with Crippen LogP contribution in [0.25, 0.3) is 0 Å². The number of carbonyl (C=O) groups excluding carboxylic acids is 2. The van der Waals surface area contributed by atoms with Crippen molar-refractivity contribution in [2.75, 3.05) is 6.54 Å². The van der Waals surface area contributed by atoms with Gasteiger partial charge in [-0.25, -0.2) is 4.39 Å². The maximum absolute atomic E-state index is 13.0. The van der Waals surface area contributed by atoms with Crippen molar-refractivity contribution in [3.63, 3.8) is 0 Å². The zero-order chi connectivity index (χ0) is 13.9. The molecule has 18 heavy (non-hydrogen) atoms. The van der Waals surface area contributed by atoms with Crippen molar-refractivity contribution in [3.8, 4) is 0 Å². The minimum Gasteiger partial charge on any atom is -0.368 e. The molecule has 0 unspecified atom stereocenters. The summed E-state index contributed by atoms with van der Waals surface area (Å²) >= 11 is 3.13. The van der Waals surface area contributed by atoms with Crippen LogP contribution in [0.3, 0.4) is 0 Å². The van der Waals surface area contributed by atoms with Crippen molar-refractivity contribution in [2.24, 2.45) is 5.73 Å². The zero-order valence-electron chi connectivity index (χ0n) is 10.1. The van der Waals surface area contributed by atoms with Crippen molar-refractivity contribution in [3.05, 3.63) is 34.1 Å². The molecule has 0 aliphatic rings. The highest BCUT2D eigenvalue weighted by molar-refractivity contribution is 9.10. The molecular formula is C12H14BrFN2O2. The molecule has 1 aromatic carbocycles. The summed E-state index contributed by atoms with van der Waals surface area (Å²) in [7, 11) is 0. The fraction of sp³-hybridized carbons (Fsp3) is 0.333. The minimum atomic E-state index is -0.588. The van der Waals surface area contributed by atoms with Crippen LogP contribution < -0.4 is 5.73 Å². The number of carbonyl (C=O) groups is 2. The number of benzene rings is 1. The molecule has 1 aromatic rings. The largest absolute Gasteiger partial charge is 0.368 e. The van der Waals surface area contributed by atoms with Crippen LogP contribution in [0, 0.1) is 5.82 Å². The molecule has 4 nitrogen and oxygen atoms in total. The van der Waals surface area contributed by atoms with Gasteiger partial charge in [0.1, 0.15) is 5.82 Å². The summed E-state index contributed by atoms with van der Waals surface area (Å²) < 4.78 is 13.3. The summed E-state index contributed by atoms with van der Waals surface area (Å²) in [5, 5.41) is 0. The quantitative estimate of drug-likeness (QED) is 0.922. The first-order chi connectivity index (χ1) is 8.32. The third kappa shape index (κ3) is 3.53. The van der Waals surface area contributed by atoms with E-state index in [1.54, 1.807) is 13.8 Å². The number of hydrogen-bond acceptors (Lipinski definition) is 2. The van der Waals surface area contributed by atoms with Crippen molar-refractivity contribution in [2.45, 2.75) is 19.9 Å². The lowest BCUT2D eigenvalue weighted by atomic mass is 10.1. The first-order valence-electron chi connectivity index (χ1n) is 5.37. The number of nitrogens with two attached hydrogens (primary N) is 1. The van der Waals surface area contributed by atoms with Crippen LogP contribution in [0.2, 0.25) is 0 Å². The van der Waals surface area contributed by atoms with Gasteiger partial charge in [0.05, 0.1) is 12.1 Å². The fourth-order valence-electron chi connectivity index (χ4n) is 1.47. The number of rotatable bonds is 4. The number of nitrogens with zero attached hydrogens (tertiary/aromatic N) is 1. The SMILES string of the molecule is CC(C)N(CC(N)=O)C(=O)c1ccc(F)cc1Br. The fourth-order valence-corrected chi connectivity index (χ4v) is 1.99. The highest BCUT2D eigenvalue weighted by atomic mass is 79.9. The predicted octanol–water partition coefficient (Wildman–Crippen LogP) is 1.92. The third-order valence-corrected chi connectivity index (χ3v) is 3.03. The van der Waals surface area contributed by atoms with Crippen LogP contribution in [0.4, 0.5) is 4.39 Å². The van der Waals surface area contributed by atoms with E-state index in [0.717, 1.165) is 0 Å². The highest BCUT2D eigenvalue weighted by Crippen LogP contribution is 2.20. The molecule has 0 saturated heterocycles. The van der Waals surface area contributed by atoms with E-state index < -0.39 is 11.7 Å². The topological polar surface area (TPSA) is 63.4 Å². The predicted molar refractivity (Wildman–Crippen MR) is 69.5 cm³/mol. The van der Waals surface area contributed by atoms with Crippen LogP contribution in [-0.2, 0) is 4.79 Å². The lowest BCUT2D eigenvalue weighted by molar-refractivity contribution is -0.119. The van der Waals surface area contributed by atoms with Crippen LogP contribution in [0.15, 0.2) is 22.7 Å². The molecule has 0 aliphatic heterocycles. The van der Waals surface area contributed by atoms with Crippen LogP contribution in [0.5, 0.6) is 0 Å². The summed E-state index contributed by atoms with van der Waals surface area (Å²) in [6.45, 7) is 3.39. The second-order valence-electron chi connectivity index (χ2n) is 4.12. The average molecular weight is 317 g/mol. The molecule has 0 atom stereocenters. The van der Waals surface area contributed by atoms with E-state index >= 15 is 0 Å². The van der Waals surface area contributed by atoms with Crippen LogP contribution >= 0.6 is 15.9 Å². The van der Waals surface area contributed by atoms with Gasteiger partial charge in [-0.05, 0) is 48.0 Å². The maximum Gasteiger partial charge on any atom is 0.255 e. The molecule has 0 heterocycles. The molecule has 0 saturated carbocycles. The lowest BCUT2D eigenvalue weighted by Crippen LogP contribution is -2.42. The molecule has 0 bridgehead atoms. The first-order valence-corrected chi connectivity index (χ1v) is 6.16. The Balaban J connectivity index is 3.05. The maximum atomic E-state index is 13.0. The summed E-state index contributed by atoms with van der Waals surface area (Å²) in [6, 6.07) is 3.59. The monoisotopic (exact) mass is 316 g/mol. The van der Waals surface area contributed by atoms with Crippen LogP contribution in [-0.4, -0.2) is 29.3 Å². The van der Waals surface area contributed by atoms with Crippen molar-refractivity contribution >= 4 is 27.7 Å². The Morgan fingerprint density at radius 3 is 2.50 bits per heavy atom. The Hall–Kier alpha value is -1.43. The number of halogens is 2. The molecule has 2 amide bonds. The Labute approximate surface area is 113 Å². The molecule has 2 N–H and O–H groups in total. The van der Waals surface area contributed by atoms with E-state index in [-0.39, 0.29) is 18.5 Å². The normalized spacial score (nSPS) is 10.5. The van der Waals surface area contributed by atoms with E-state index in [1.807, 2.05) is 0 Å². The van der Waals surface area contributed by atoms with Crippen molar-refractivity contribution < 1.29 is 14.0 Å². The van der Waals surface area contributed by atoms with Gasteiger partial charge in [0, 0.05) is 10.5 Å². The van der Waals surface area contributed by atoms with Gasteiger partial charge < -0.3 is 10.6 Å². The molecular weight excluding hydrogens is 303 g/mol. The highest BCUT2D eigenvalue weighted by Gasteiger charge is 2.22. The van der Waals surface area contributed by atoms with Gasteiger partial charge in [-0.3, -0.25) is 9.59 Å². The Morgan fingerprint density at radius 1 is 1.44 bits per heavy atom. The molecule has 0 fully saturated rings. The number of hydrogen-bond donors (Lipinski definition) is 1. The summed E-state index contributed by atoms with van der Waals surface area (Å²) in [5.41, 5.74) is 5.40. The number of primary amides is 1. The van der Waals surface area contributed by atoms with Crippen LogP contribution in [0.1, 0.15) is 24.2 Å². The summed E-state index contributed by atoms with van der Waals surface area (Å²) in [5.74, 6) is -1.39. The molecule has 0 spiro atoms. The second-order valence-corrected chi connectivity index (χ2v) is 4.97. The zero-order valence-corrected chi connectivity index (χ0v) is 11.7. The van der Waals surface area contributed by atoms with E-state index in [9.17, 15) is 14.0 Å². The summed E-state index contributed by atoms with van der Waals surface area (Å²) in [6.07, 6.45) is 0. The molecule has 0 aromatic heterocycles. The van der Waals surface area contributed by atoms with Crippen molar-refractivity contribution in [1.82, 2.24) is 4.90 Å². The Kier molecular flexibility index (Phi) is 4.84. The lowest BCUT2D eigenvalue weighted by Gasteiger charge is -2.25. The standard InChI is InChI=1S/C12H14BrFN2O2/c1-7(2)16(6-11(15)17)12(18)9-4-3-8(14)5-10(9)13/h3-5,7H,6H2,1-2H3,(H2,15,17). The molecule has 0 aliphatic carbocycles. The third-order valence-electron chi connectivity index (χ3n) is 2.37. The van der Waals surface area contributed by atoms with Gasteiger partial charge in [-0.15, -0.1) is 0 Å². The van der Waals surface area contributed by atoms with Gasteiger partial charge in [0.15, 0.2) is 0 Å². The minimum absolute atomic E-state index is 0.166. The van der Waals surface area contributed by atoms with Crippen molar-refractivity contribution in [1.29, 1.82) is 0 Å². The Bertz CT molecular complexity index is 477. The molecule has 98 valence electrons. The smallest absolute Gasteiger partial charge is 0.255 e. The Morgan fingerprint density at radius 2 is 2.06 bits per heavy atom.